The summed E-state index contributed by atoms with van der Waals surface area (Å²) in [6, 6.07) is 10.5. The van der Waals surface area contributed by atoms with Crippen LogP contribution in [0.4, 0.5) is 4.39 Å². The molecule has 172 valence electrons. The van der Waals surface area contributed by atoms with Crippen molar-refractivity contribution in [2.45, 2.75) is 56.0 Å². The van der Waals surface area contributed by atoms with Gasteiger partial charge in [0.05, 0.1) is 13.2 Å². The van der Waals surface area contributed by atoms with Crippen LogP contribution in [0.3, 0.4) is 0 Å². The minimum absolute atomic E-state index is 0.0251. The van der Waals surface area contributed by atoms with Crippen LogP contribution in [0, 0.1) is 5.82 Å². The number of carbonyl (C=O) groups is 1. The van der Waals surface area contributed by atoms with E-state index in [9.17, 15) is 17.6 Å². The van der Waals surface area contributed by atoms with E-state index in [2.05, 4.69) is 0 Å². The van der Waals surface area contributed by atoms with Crippen LogP contribution < -0.4 is 4.74 Å². The lowest BCUT2D eigenvalue weighted by atomic mass is 10.0. The minimum Gasteiger partial charge on any atom is -0.495 e. The van der Waals surface area contributed by atoms with Gasteiger partial charge in [0, 0.05) is 24.7 Å². The molecule has 1 amide bonds. The van der Waals surface area contributed by atoms with E-state index in [0.717, 1.165) is 37.7 Å². The summed E-state index contributed by atoms with van der Waals surface area (Å²) in [6.07, 6.45) is 4.25. The molecule has 0 aromatic heterocycles. The van der Waals surface area contributed by atoms with Gasteiger partial charge in [-0.1, -0.05) is 18.6 Å². The molecule has 0 saturated carbocycles. The summed E-state index contributed by atoms with van der Waals surface area (Å²) in [5.41, 5.74) is 1.18. The Balaban J connectivity index is 1.67. The summed E-state index contributed by atoms with van der Waals surface area (Å²) in [5, 5.41) is 0. The van der Waals surface area contributed by atoms with Crippen LogP contribution in [0.2, 0.25) is 0 Å². The lowest BCUT2D eigenvalue weighted by Crippen LogP contribution is -2.42. The van der Waals surface area contributed by atoms with Gasteiger partial charge in [0.25, 0.3) is 5.91 Å². The van der Waals surface area contributed by atoms with Crippen molar-refractivity contribution in [2.75, 3.05) is 20.2 Å². The first-order valence-electron chi connectivity index (χ1n) is 11.1. The topological polar surface area (TPSA) is 66.9 Å². The first-order chi connectivity index (χ1) is 15.3. The van der Waals surface area contributed by atoms with Crippen molar-refractivity contribution in [2.24, 2.45) is 0 Å². The van der Waals surface area contributed by atoms with E-state index in [0.29, 0.717) is 18.7 Å². The van der Waals surface area contributed by atoms with Gasteiger partial charge in [-0.15, -0.1) is 0 Å². The number of piperidine rings is 1. The molecule has 0 bridgehead atoms. The third-order valence-corrected chi connectivity index (χ3v) is 8.54. The molecule has 6 nitrogen and oxygen atoms in total. The van der Waals surface area contributed by atoms with Crippen molar-refractivity contribution in [3.63, 3.8) is 0 Å². The third kappa shape index (κ3) is 4.26. The normalized spacial score (nSPS) is 22.2. The highest BCUT2D eigenvalue weighted by atomic mass is 32.2. The second kappa shape index (κ2) is 9.19. The number of methoxy groups -OCH3 is 1. The first-order valence-corrected chi connectivity index (χ1v) is 12.5. The Morgan fingerprint density at radius 2 is 1.78 bits per heavy atom. The maximum Gasteiger partial charge on any atom is 0.254 e. The SMILES string of the molecule is COc1ccc(C(=O)N2CCC[C@H]2c2ccc(F)cc2)cc1S(=O)(=O)N1CCCC[C@H]1C. The Kier molecular flexibility index (Phi) is 6.53. The number of hydrogen-bond acceptors (Lipinski definition) is 4. The first kappa shape index (κ1) is 22.7. The fraction of sp³-hybridized carbons (Fsp3) is 0.458. The Morgan fingerprint density at radius 1 is 1.03 bits per heavy atom. The molecule has 4 rings (SSSR count). The summed E-state index contributed by atoms with van der Waals surface area (Å²) in [5.74, 6) is -0.319. The standard InChI is InChI=1S/C24H29FN2O4S/c1-17-6-3-4-15-27(17)32(29,30)23-16-19(10-13-22(23)31-2)24(28)26-14-5-7-21(26)18-8-11-20(25)12-9-18/h8-13,16-17,21H,3-7,14-15H2,1-2H3/t17-,21+/m1/s1. The van der Waals surface area contributed by atoms with Crippen LogP contribution in [0.15, 0.2) is 47.4 Å². The molecule has 2 saturated heterocycles. The average Bonchev–Trinajstić information content (AvgIpc) is 3.28. The van der Waals surface area contributed by atoms with Gasteiger partial charge in [-0.2, -0.15) is 4.31 Å². The smallest absolute Gasteiger partial charge is 0.254 e. The van der Waals surface area contributed by atoms with Crippen molar-refractivity contribution in [3.8, 4) is 5.75 Å². The van der Waals surface area contributed by atoms with Crippen LogP contribution in [0.5, 0.6) is 5.75 Å². The van der Waals surface area contributed by atoms with E-state index in [1.165, 1.54) is 29.6 Å². The number of halogens is 1. The van der Waals surface area contributed by atoms with E-state index in [1.54, 1.807) is 29.2 Å². The molecule has 2 atom stereocenters. The van der Waals surface area contributed by atoms with E-state index in [-0.39, 0.29) is 34.5 Å². The number of carbonyl (C=O) groups excluding carboxylic acids is 1. The summed E-state index contributed by atoms with van der Waals surface area (Å²) in [6.45, 7) is 2.94. The average molecular weight is 461 g/mol. The van der Waals surface area contributed by atoms with E-state index in [4.69, 9.17) is 4.74 Å². The molecule has 2 aliphatic rings. The van der Waals surface area contributed by atoms with Gasteiger partial charge in [-0.25, -0.2) is 12.8 Å². The second-order valence-electron chi connectivity index (χ2n) is 8.53. The molecule has 0 unspecified atom stereocenters. The third-order valence-electron chi connectivity index (χ3n) is 6.51. The van der Waals surface area contributed by atoms with E-state index >= 15 is 0 Å². The van der Waals surface area contributed by atoms with Crippen LogP contribution in [-0.4, -0.2) is 49.8 Å². The predicted molar refractivity (Wildman–Crippen MR) is 120 cm³/mol. The van der Waals surface area contributed by atoms with Crippen LogP contribution in [-0.2, 0) is 10.0 Å². The molecule has 2 fully saturated rings. The van der Waals surface area contributed by atoms with Crippen molar-refractivity contribution < 1.29 is 22.3 Å². The van der Waals surface area contributed by atoms with Gasteiger partial charge in [0.15, 0.2) is 0 Å². The zero-order valence-corrected chi connectivity index (χ0v) is 19.3. The van der Waals surface area contributed by atoms with Gasteiger partial charge >= 0.3 is 0 Å². The fourth-order valence-electron chi connectivity index (χ4n) is 4.77. The number of hydrogen-bond donors (Lipinski definition) is 0. The summed E-state index contributed by atoms with van der Waals surface area (Å²) in [4.78, 5) is 15.2. The molecule has 2 aromatic rings. The number of rotatable bonds is 5. The molecule has 0 N–H and O–H groups in total. The molecule has 2 aromatic carbocycles. The van der Waals surface area contributed by atoms with Crippen LogP contribution in [0.25, 0.3) is 0 Å². The Hall–Kier alpha value is -2.45. The predicted octanol–water partition coefficient (Wildman–Crippen LogP) is 4.37. The summed E-state index contributed by atoms with van der Waals surface area (Å²) < 4.78 is 47.2. The van der Waals surface area contributed by atoms with Crippen LogP contribution >= 0.6 is 0 Å². The maximum absolute atomic E-state index is 13.5. The Morgan fingerprint density at radius 3 is 2.47 bits per heavy atom. The highest BCUT2D eigenvalue weighted by molar-refractivity contribution is 7.89. The highest BCUT2D eigenvalue weighted by Gasteiger charge is 2.35. The number of sulfonamides is 1. The van der Waals surface area contributed by atoms with Gasteiger partial charge in [-0.3, -0.25) is 4.79 Å². The monoisotopic (exact) mass is 460 g/mol. The molecular weight excluding hydrogens is 431 g/mol. The van der Waals surface area contributed by atoms with E-state index < -0.39 is 10.0 Å². The fourth-order valence-corrected chi connectivity index (χ4v) is 6.66. The van der Waals surface area contributed by atoms with Gasteiger partial charge in [0.2, 0.25) is 10.0 Å². The van der Waals surface area contributed by atoms with Crippen LogP contribution in [0.1, 0.15) is 61.0 Å². The Labute approximate surface area is 189 Å². The molecule has 2 aliphatic heterocycles. The lowest BCUT2D eigenvalue weighted by Gasteiger charge is -2.32. The van der Waals surface area contributed by atoms with Crippen molar-refractivity contribution in [3.05, 3.63) is 59.4 Å². The summed E-state index contributed by atoms with van der Waals surface area (Å²) >= 11 is 0. The highest BCUT2D eigenvalue weighted by Crippen LogP contribution is 2.35. The number of nitrogens with zero attached hydrogens (tertiary/aromatic N) is 2. The molecular formula is C24H29FN2O4S. The van der Waals surface area contributed by atoms with Gasteiger partial charge < -0.3 is 9.64 Å². The van der Waals surface area contributed by atoms with E-state index in [1.807, 2.05) is 6.92 Å². The maximum atomic E-state index is 13.5. The number of benzene rings is 2. The van der Waals surface area contributed by atoms with Crippen molar-refractivity contribution in [1.82, 2.24) is 9.21 Å². The van der Waals surface area contributed by atoms with Crippen molar-refractivity contribution in [1.29, 1.82) is 0 Å². The molecule has 0 aliphatic carbocycles. The molecule has 2 heterocycles. The quantitative estimate of drug-likeness (QED) is 0.664. The largest absolute Gasteiger partial charge is 0.495 e. The minimum atomic E-state index is -3.81. The van der Waals surface area contributed by atoms with Gasteiger partial charge in [0.1, 0.15) is 16.5 Å². The molecule has 0 spiro atoms. The zero-order chi connectivity index (χ0) is 22.9. The van der Waals surface area contributed by atoms with Gasteiger partial charge in [-0.05, 0) is 68.5 Å². The molecule has 8 heteroatoms. The molecule has 32 heavy (non-hydrogen) atoms. The number of ether oxygens (including phenoxy) is 1. The second-order valence-corrected chi connectivity index (χ2v) is 10.4. The summed E-state index contributed by atoms with van der Waals surface area (Å²) in [7, 11) is -2.38. The van der Waals surface area contributed by atoms with Crippen molar-refractivity contribution >= 4 is 15.9 Å². The lowest BCUT2D eigenvalue weighted by molar-refractivity contribution is 0.0735. The number of amides is 1. The Bertz CT molecular complexity index is 1090. The molecule has 0 radical (unpaired) electrons. The number of likely N-dealkylation sites (tertiary alicyclic amines) is 1. The zero-order valence-electron chi connectivity index (χ0n) is 18.5.